The zero-order valence-corrected chi connectivity index (χ0v) is 14.8. The minimum atomic E-state index is -0.0145. The van der Waals surface area contributed by atoms with E-state index in [1.54, 1.807) is 0 Å². The molecule has 7 nitrogen and oxygen atoms in total. The third-order valence-corrected chi connectivity index (χ3v) is 4.97. The highest BCUT2D eigenvalue weighted by Gasteiger charge is 2.28. The molecule has 2 aromatic rings. The number of amides is 1. The lowest BCUT2D eigenvalue weighted by Crippen LogP contribution is -2.26. The van der Waals surface area contributed by atoms with Gasteiger partial charge in [-0.2, -0.15) is 0 Å². The fourth-order valence-corrected chi connectivity index (χ4v) is 3.18. The molecule has 128 valence electrons. The molecule has 0 saturated heterocycles. The van der Waals surface area contributed by atoms with Crippen LogP contribution in [0.2, 0.25) is 0 Å². The molecule has 1 N–H and O–H groups in total. The first kappa shape index (κ1) is 16.8. The molecule has 1 aromatic heterocycles. The summed E-state index contributed by atoms with van der Waals surface area (Å²) in [5.74, 6) is 0.304. The number of rotatable bonds is 8. The molecule has 0 aliphatic heterocycles. The Kier molecular flexibility index (Phi) is 5.34. The minimum absolute atomic E-state index is 0.0145. The number of para-hydroxylation sites is 1. The first-order valence-electron chi connectivity index (χ1n) is 8.15. The summed E-state index contributed by atoms with van der Waals surface area (Å²) in [4.78, 5) is 14.3. The van der Waals surface area contributed by atoms with Crippen molar-refractivity contribution < 1.29 is 4.79 Å². The van der Waals surface area contributed by atoms with Crippen LogP contribution in [-0.4, -0.2) is 45.5 Å². The van der Waals surface area contributed by atoms with Crippen molar-refractivity contribution in [1.82, 2.24) is 25.5 Å². The maximum absolute atomic E-state index is 12.1. The summed E-state index contributed by atoms with van der Waals surface area (Å²) in [6, 6.07) is 8.54. The van der Waals surface area contributed by atoms with Gasteiger partial charge in [-0.25, -0.2) is 4.68 Å². The monoisotopic (exact) mass is 346 g/mol. The summed E-state index contributed by atoms with van der Waals surface area (Å²) in [6.07, 6.45) is 2.24. The molecule has 1 fully saturated rings. The van der Waals surface area contributed by atoms with E-state index in [-0.39, 0.29) is 5.91 Å². The Balaban J connectivity index is 1.52. The maximum atomic E-state index is 12.1. The van der Waals surface area contributed by atoms with Gasteiger partial charge in [0, 0.05) is 25.8 Å². The smallest absolute Gasteiger partial charge is 0.230 e. The number of benzene rings is 1. The van der Waals surface area contributed by atoms with E-state index in [0.29, 0.717) is 18.3 Å². The Labute approximate surface area is 145 Å². The Morgan fingerprint density at radius 1 is 1.42 bits per heavy atom. The van der Waals surface area contributed by atoms with Crippen LogP contribution in [0.1, 0.15) is 31.4 Å². The van der Waals surface area contributed by atoms with Crippen molar-refractivity contribution in [2.75, 3.05) is 24.2 Å². The molecule has 1 aliphatic carbocycles. The highest BCUT2D eigenvalue weighted by molar-refractivity contribution is 7.99. The topological polar surface area (TPSA) is 75.9 Å². The van der Waals surface area contributed by atoms with Gasteiger partial charge in [-0.15, -0.1) is 5.10 Å². The quantitative estimate of drug-likeness (QED) is 0.736. The van der Waals surface area contributed by atoms with Gasteiger partial charge in [0.05, 0.1) is 11.8 Å². The second-order valence-electron chi connectivity index (χ2n) is 5.85. The van der Waals surface area contributed by atoms with E-state index in [2.05, 4.69) is 38.7 Å². The molecule has 8 heteroatoms. The van der Waals surface area contributed by atoms with Crippen molar-refractivity contribution in [3.05, 3.63) is 29.8 Å². The Morgan fingerprint density at radius 3 is 2.96 bits per heavy atom. The van der Waals surface area contributed by atoms with Crippen molar-refractivity contribution in [2.45, 2.75) is 37.5 Å². The fraction of sp³-hybridized carbons (Fsp3) is 0.500. The normalized spacial score (nSPS) is 13.8. The van der Waals surface area contributed by atoms with Gasteiger partial charge in [0.15, 0.2) is 0 Å². The van der Waals surface area contributed by atoms with E-state index >= 15 is 0 Å². The zero-order chi connectivity index (χ0) is 16.9. The molecule has 1 amide bonds. The van der Waals surface area contributed by atoms with Gasteiger partial charge >= 0.3 is 0 Å². The number of aromatic nitrogens is 4. The summed E-state index contributed by atoms with van der Waals surface area (Å²) in [5, 5.41) is 15.4. The van der Waals surface area contributed by atoms with E-state index in [1.165, 1.54) is 11.8 Å². The molecule has 1 heterocycles. The minimum Gasteiger partial charge on any atom is -0.375 e. The highest BCUT2D eigenvalue weighted by Crippen LogP contribution is 2.36. The Bertz CT molecular complexity index is 699. The SMILES string of the molecule is CCN(C)c1ccccc1CNC(=O)CSc1nnnn1C1CC1. The van der Waals surface area contributed by atoms with Crippen LogP contribution < -0.4 is 10.2 Å². The molecule has 24 heavy (non-hydrogen) atoms. The molecule has 0 spiro atoms. The molecular weight excluding hydrogens is 324 g/mol. The molecule has 3 rings (SSSR count). The van der Waals surface area contributed by atoms with Crippen molar-refractivity contribution in [1.29, 1.82) is 0 Å². The second-order valence-corrected chi connectivity index (χ2v) is 6.79. The van der Waals surface area contributed by atoms with Gasteiger partial charge in [0.1, 0.15) is 0 Å². The summed E-state index contributed by atoms with van der Waals surface area (Å²) in [7, 11) is 2.05. The van der Waals surface area contributed by atoms with E-state index < -0.39 is 0 Å². The molecule has 0 unspecified atom stereocenters. The van der Waals surface area contributed by atoms with Gasteiger partial charge in [0.2, 0.25) is 11.1 Å². The van der Waals surface area contributed by atoms with E-state index in [1.807, 2.05) is 29.9 Å². The largest absolute Gasteiger partial charge is 0.375 e. The third-order valence-electron chi connectivity index (χ3n) is 4.04. The summed E-state index contributed by atoms with van der Waals surface area (Å²) in [5.41, 5.74) is 2.26. The van der Waals surface area contributed by atoms with Crippen molar-refractivity contribution >= 4 is 23.4 Å². The van der Waals surface area contributed by atoms with Crippen molar-refractivity contribution in [3.8, 4) is 0 Å². The molecule has 0 bridgehead atoms. The number of tetrazole rings is 1. The van der Waals surface area contributed by atoms with Crippen LogP contribution in [0.5, 0.6) is 0 Å². The lowest BCUT2D eigenvalue weighted by molar-refractivity contribution is -0.118. The third kappa shape index (κ3) is 4.05. The first-order valence-corrected chi connectivity index (χ1v) is 9.14. The van der Waals surface area contributed by atoms with Crippen molar-refractivity contribution in [3.63, 3.8) is 0 Å². The molecular formula is C16H22N6OS. The average Bonchev–Trinajstić information content (AvgIpc) is 3.35. The van der Waals surface area contributed by atoms with Gasteiger partial charge in [0.25, 0.3) is 0 Å². The summed E-state index contributed by atoms with van der Waals surface area (Å²) < 4.78 is 1.82. The number of carbonyl (C=O) groups excluding carboxylic acids is 1. The van der Waals surface area contributed by atoms with Gasteiger partial charge in [-0.05, 0) is 41.8 Å². The summed E-state index contributed by atoms with van der Waals surface area (Å²) in [6.45, 7) is 3.55. The number of carbonyl (C=O) groups is 1. The average molecular weight is 346 g/mol. The number of hydrogen-bond acceptors (Lipinski definition) is 6. The second kappa shape index (κ2) is 7.65. The number of thioether (sulfide) groups is 1. The molecule has 1 saturated carbocycles. The van der Waals surface area contributed by atoms with Crippen molar-refractivity contribution in [2.24, 2.45) is 0 Å². The van der Waals surface area contributed by atoms with Crippen LogP contribution in [0.25, 0.3) is 0 Å². The number of nitrogens with one attached hydrogen (secondary N) is 1. The zero-order valence-electron chi connectivity index (χ0n) is 14.0. The van der Waals surface area contributed by atoms with Gasteiger partial charge in [-0.1, -0.05) is 30.0 Å². The van der Waals surface area contributed by atoms with Crippen LogP contribution in [0, 0.1) is 0 Å². The van der Waals surface area contributed by atoms with Crippen LogP contribution in [0.15, 0.2) is 29.4 Å². The lowest BCUT2D eigenvalue weighted by Gasteiger charge is -2.20. The molecule has 1 aliphatic rings. The number of anilines is 1. The molecule has 1 aromatic carbocycles. The predicted octanol–water partition coefficient (Wildman–Crippen LogP) is 1.87. The van der Waals surface area contributed by atoms with E-state index in [4.69, 9.17) is 0 Å². The van der Waals surface area contributed by atoms with Crippen LogP contribution in [0.4, 0.5) is 5.69 Å². The summed E-state index contributed by atoms with van der Waals surface area (Å²) >= 11 is 1.38. The Hall–Kier alpha value is -2.09. The number of nitrogens with zero attached hydrogens (tertiary/aromatic N) is 5. The van der Waals surface area contributed by atoms with Crippen LogP contribution in [0.3, 0.4) is 0 Å². The lowest BCUT2D eigenvalue weighted by atomic mass is 10.1. The predicted molar refractivity (Wildman–Crippen MR) is 94.0 cm³/mol. The van der Waals surface area contributed by atoms with Gasteiger partial charge < -0.3 is 10.2 Å². The maximum Gasteiger partial charge on any atom is 0.230 e. The fourth-order valence-electron chi connectivity index (χ4n) is 2.41. The number of hydrogen-bond donors (Lipinski definition) is 1. The molecule has 0 atom stereocenters. The first-order chi connectivity index (χ1) is 11.7. The van der Waals surface area contributed by atoms with E-state index in [0.717, 1.165) is 35.8 Å². The highest BCUT2D eigenvalue weighted by atomic mass is 32.2. The van der Waals surface area contributed by atoms with Crippen LogP contribution >= 0.6 is 11.8 Å². The Morgan fingerprint density at radius 2 is 2.21 bits per heavy atom. The van der Waals surface area contributed by atoms with E-state index in [9.17, 15) is 4.79 Å². The standard InChI is InChI=1S/C16H22N6OS/c1-3-21(2)14-7-5-4-6-12(14)10-17-15(23)11-24-16-18-19-20-22(16)13-8-9-13/h4-7,13H,3,8-11H2,1-2H3,(H,17,23). The molecule has 0 radical (unpaired) electrons. The van der Waals surface area contributed by atoms with Gasteiger partial charge in [-0.3, -0.25) is 4.79 Å². The van der Waals surface area contributed by atoms with Crippen LogP contribution in [-0.2, 0) is 11.3 Å².